The van der Waals surface area contributed by atoms with Crippen LogP contribution in [0.4, 0.5) is 0 Å². The van der Waals surface area contributed by atoms with E-state index in [0.717, 1.165) is 0 Å². The summed E-state index contributed by atoms with van der Waals surface area (Å²) < 4.78 is 0. The Bertz CT molecular complexity index is 246. The van der Waals surface area contributed by atoms with Gasteiger partial charge in [0.15, 0.2) is 5.60 Å². The summed E-state index contributed by atoms with van der Waals surface area (Å²) in [7, 11) is 0. The maximum atomic E-state index is 10.3. The van der Waals surface area contributed by atoms with Gasteiger partial charge in [-0.05, 0) is 0 Å². The molecule has 0 rings (SSSR count). The number of rotatable bonds is 5. The normalized spacial score (nSPS) is 7.83. The van der Waals surface area contributed by atoms with E-state index in [1.807, 2.05) is 0 Å². The second-order valence-electron chi connectivity index (χ2n) is 2.48. The molecule has 110 valence electrons. The first-order valence-corrected chi connectivity index (χ1v) is 3.17. The molecule has 16 N–H and O–H groups in total. The van der Waals surface area contributed by atoms with Crippen LogP contribution in [0, 0.1) is 0 Å². The van der Waals surface area contributed by atoms with E-state index < -0.39 is 36.4 Å². The van der Waals surface area contributed by atoms with Crippen LogP contribution in [0.1, 0.15) is 12.8 Å². The summed E-state index contributed by atoms with van der Waals surface area (Å²) in [6.45, 7) is 0. The predicted molar refractivity (Wildman–Crippen MR) is 57.2 cm³/mol. The van der Waals surface area contributed by atoms with Crippen molar-refractivity contribution in [3.63, 3.8) is 0 Å². The third-order valence-electron chi connectivity index (χ3n) is 1.29. The average Bonchev–Trinajstić information content (AvgIpc) is 1.82. The van der Waals surface area contributed by atoms with Crippen LogP contribution in [-0.4, -0.2) is 43.9 Å². The number of carbonyl (C=O) groups is 3. The molecule has 0 bridgehead atoms. The van der Waals surface area contributed by atoms with Gasteiger partial charge in [-0.25, -0.2) is 4.79 Å². The molecule has 0 heterocycles. The van der Waals surface area contributed by atoms with Gasteiger partial charge in [0.05, 0.1) is 12.8 Å². The van der Waals surface area contributed by atoms with E-state index in [4.69, 9.17) is 20.4 Å². The van der Waals surface area contributed by atoms with Crippen molar-refractivity contribution in [3.05, 3.63) is 0 Å². The van der Waals surface area contributed by atoms with Gasteiger partial charge in [0, 0.05) is 26.2 Å². The maximum Gasteiger partial charge on any atom is 0.336 e. The Kier molecular flexibility index (Phi) is 28.3. The molecule has 0 unspecified atom stereocenters. The van der Waals surface area contributed by atoms with Crippen LogP contribution < -0.4 is 24.6 Å². The summed E-state index contributed by atoms with van der Waals surface area (Å²) in [6, 6.07) is 0. The number of hydrogen-bond acceptors (Lipinski definition) is 8. The summed E-state index contributed by atoms with van der Waals surface area (Å²) in [5.41, 5.74) is -2.74. The second kappa shape index (κ2) is 14.2. The van der Waals surface area contributed by atoms with Crippen molar-refractivity contribution in [1.82, 2.24) is 24.6 Å². The van der Waals surface area contributed by atoms with E-state index in [0.29, 0.717) is 0 Å². The number of aliphatic carboxylic acids is 3. The molecule has 0 aliphatic carbocycles. The molecule has 0 aliphatic rings. The largest absolute Gasteiger partial charge is 0.481 e. The molecule has 0 aliphatic heterocycles. The molecule has 0 radical (unpaired) electrons. The number of carboxylic acid groups (broad SMARTS) is 3. The zero-order valence-electron chi connectivity index (χ0n) is 9.76. The Hall–Kier alpha value is -0.907. The van der Waals surface area contributed by atoms with E-state index in [-0.39, 0.29) is 50.8 Å². The molecule has 0 aromatic heterocycles. The van der Waals surface area contributed by atoms with Gasteiger partial charge in [-0.2, -0.15) is 0 Å². The molecule has 0 spiro atoms. The van der Waals surface area contributed by atoms with E-state index >= 15 is 0 Å². The minimum absolute atomic E-state index is 0. The first-order chi connectivity index (χ1) is 5.78. The van der Waals surface area contributed by atoms with Crippen molar-refractivity contribution in [1.29, 1.82) is 0 Å². The number of carboxylic acids is 3. The Morgan fingerprint density at radius 3 is 1.11 bits per heavy atom. The zero-order chi connectivity index (χ0) is 10.6. The van der Waals surface area contributed by atoms with Gasteiger partial charge in [0.25, 0.3) is 0 Å². The first kappa shape index (κ1) is 36.0. The van der Waals surface area contributed by atoms with Crippen molar-refractivity contribution in [2.45, 2.75) is 18.4 Å². The summed E-state index contributed by atoms with van der Waals surface area (Å²) >= 11 is 0. The van der Waals surface area contributed by atoms with Crippen molar-refractivity contribution >= 4 is 17.9 Å². The van der Waals surface area contributed by atoms with Crippen LogP contribution in [0.2, 0.25) is 0 Å². The fourth-order valence-electron chi connectivity index (χ4n) is 0.714. The van der Waals surface area contributed by atoms with E-state index in [2.05, 4.69) is 0 Å². The first-order valence-electron chi connectivity index (χ1n) is 3.17. The molecule has 0 fully saturated rings. The standard InChI is InChI=1S/C6H8O7.4H3N.Zr/c7-3(8)1-6(13,5(11)12)2-4(9)10;;;;;/h13H,1-2H2,(H,7,8)(H,9,10)(H,11,12);4*1H3;. The second-order valence-corrected chi connectivity index (χ2v) is 2.48. The zero-order valence-corrected chi connectivity index (χ0v) is 12.2. The Morgan fingerprint density at radius 1 is 0.778 bits per heavy atom. The fraction of sp³-hybridized carbons (Fsp3) is 0.500. The molecular formula is C6H20N4O7Zr. The minimum atomic E-state index is -2.74. The quantitative estimate of drug-likeness (QED) is 0.309. The summed E-state index contributed by atoms with van der Waals surface area (Å²) in [4.78, 5) is 30.5. The van der Waals surface area contributed by atoms with Gasteiger partial charge >= 0.3 is 17.9 Å². The molecule has 11 nitrogen and oxygen atoms in total. The topological polar surface area (TPSA) is 272 Å². The van der Waals surface area contributed by atoms with Crippen LogP contribution in [0.25, 0.3) is 0 Å². The summed E-state index contributed by atoms with van der Waals surface area (Å²) in [6.07, 6.45) is -2.29. The van der Waals surface area contributed by atoms with Crippen molar-refractivity contribution in [2.24, 2.45) is 0 Å². The SMILES string of the molecule is N.N.N.N.O=C(O)CC(O)(CC(=O)O)C(=O)O.[Zr]. The predicted octanol–water partition coefficient (Wildman–Crippen LogP) is -0.603. The average molecular weight is 351 g/mol. The molecular weight excluding hydrogens is 331 g/mol. The van der Waals surface area contributed by atoms with Gasteiger partial charge in [-0.15, -0.1) is 0 Å². The molecule has 0 amide bonds. The monoisotopic (exact) mass is 350 g/mol. The number of aliphatic hydroxyl groups is 1. The molecule has 0 aromatic rings. The van der Waals surface area contributed by atoms with Crippen LogP contribution in [0.15, 0.2) is 0 Å². The van der Waals surface area contributed by atoms with E-state index in [1.165, 1.54) is 0 Å². The van der Waals surface area contributed by atoms with Crippen molar-refractivity contribution in [3.8, 4) is 0 Å². The third-order valence-corrected chi connectivity index (χ3v) is 1.29. The minimum Gasteiger partial charge on any atom is -0.481 e. The third kappa shape index (κ3) is 13.2. The van der Waals surface area contributed by atoms with Crippen molar-refractivity contribution in [2.75, 3.05) is 0 Å². The van der Waals surface area contributed by atoms with Crippen molar-refractivity contribution < 1.29 is 61.0 Å². The van der Waals surface area contributed by atoms with Crippen LogP contribution >= 0.6 is 0 Å². The van der Waals surface area contributed by atoms with Crippen LogP contribution in [-0.2, 0) is 40.6 Å². The molecule has 0 saturated heterocycles. The van der Waals surface area contributed by atoms with Gasteiger partial charge in [-0.1, -0.05) is 0 Å². The number of hydrogen-bond donors (Lipinski definition) is 8. The summed E-state index contributed by atoms with van der Waals surface area (Å²) in [5, 5.41) is 33.8. The molecule has 18 heavy (non-hydrogen) atoms. The smallest absolute Gasteiger partial charge is 0.336 e. The molecule has 0 aromatic carbocycles. The van der Waals surface area contributed by atoms with Gasteiger partial charge in [0.1, 0.15) is 0 Å². The van der Waals surface area contributed by atoms with Gasteiger partial charge in [0.2, 0.25) is 0 Å². The molecule has 12 heteroatoms. The Balaban J connectivity index is -0.0000000720. The van der Waals surface area contributed by atoms with E-state index in [1.54, 1.807) is 0 Å². The molecule has 0 atom stereocenters. The fourth-order valence-corrected chi connectivity index (χ4v) is 0.714. The van der Waals surface area contributed by atoms with Gasteiger partial charge in [-0.3, -0.25) is 9.59 Å². The maximum absolute atomic E-state index is 10.3. The van der Waals surface area contributed by atoms with Crippen LogP contribution in [0.3, 0.4) is 0 Å². The van der Waals surface area contributed by atoms with E-state index in [9.17, 15) is 14.4 Å². The van der Waals surface area contributed by atoms with Gasteiger partial charge < -0.3 is 45.0 Å². The van der Waals surface area contributed by atoms with Crippen LogP contribution in [0.5, 0.6) is 0 Å². The summed E-state index contributed by atoms with van der Waals surface area (Å²) in [5.74, 6) is -5.02. The molecule has 0 saturated carbocycles. The Morgan fingerprint density at radius 2 is 1.00 bits per heavy atom. The Labute approximate surface area is 122 Å².